The van der Waals surface area contributed by atoms with E-state index in [1.54, 1.807) is 17.5 Å². The van der Waals surface area contributed by atoms with E-state index >= 15 is 0 Å². The Balaban J connectivity index is 1.44. The number of fused-ring (bicyclic) bond motifs is 2. The maximum absolute atomic E-state index is 12.4. The molecule has 2 aromatic heterocycles. The number of aromatic nitrogens is 2. The standard InChI is InChI=1S/C19H26N4O3S/c24-10-1-5-22-18(25)16-12-14-15(27-16)2-11-26-19(14)3-8-23(9-4-19)13-17-20-6-7-21-17/h6-7,12,24H,1-5,8-11,13H2,(H,20,21)(H,22,25). The van der Waals surface area contributed by atoms with Gasteiger partial charge in [0.25, 0.3) is 5.91 Å². The molecular formula is C19H26N4O3S. The molecule has 0 atom stereocenters. The van der Waals surface area contributed by atoms with Crippen LogP contribution < -0.4 is 5.32 Å². The van der Waals surface area contributed by atoms with E-state index in [0.29, 0.717) is 13.0 Å². The number of rotatable bonds is 6. The average Bonchev–Trinajstić information content (AvgIpc) is 3.34. The number of amides is 1. The Bertz CT molecular complexity index is 766. The van der Waals surface area contributed by atoms with Gasteiger partial charge in [-0.1, -0.05) is 0 Å². The summed E-state index contributed by atoms with van der Waals surface area (Å²) in [5.74, 6) is 0.946. The minimum absolute atomic E-state index is 0.0479. The van der Waals surface area contributed by atoms with E-state index in [2.05, 4.69) is 20.2 Å². The molecule has 0 saturated carbocycles. The lowest BCUT2D eigenvalue weighted by Gasteiger charge is -2.43. The van der Waals surface area contributed by atoms with Crippen molar-refractivity contribution in [3.8, 4) is 0 Å². The van der Waals surface area contributed by atoms with Crippen molar-refractivity contribution in [3.05, 3.63) is 39.6 Å². The van der Waals surface area contributed by atoms with E-state index in [-0.39, 0.29) is 18.1 Å². The van der Waals surface area contributed by atoms with Crippen molar-refractivity contribution in [1.82, 2.24) is 20.2 Å². The van der Waals surface area contributed by atoms with Gasteiger partial charge in [0, 0.05) is 49.9 Å². The van der Waals surface area contributed by atoms with E-state index in [4.69, 9.17) is 9.84 Å². The predicted molar refractivity (Wildman–Crippen MR) is 103 cm³/mol. The zero-order chi connectivity index (χ0) is 18.7. The first-order valence-corrected chi connectivity index (χ1v) is 10.4. The summed E-state index contributed by atoms with van der Waals surface area (Å²) in [5, 5.41) is 11.8. The molecule has 27 heavy (non-hydrogen) atoms. The molecule has 3 N–H and O–H groups in total. The lowest BCUT2D eigenvalue weighted by atomic mass is 9.82. The van der Waals surface area contributed by atoms with Crippen molar-refractivity contribution in [2.45, 2.75) is 37.8 Å². The highest BCUT2D eigenvalue weighted by Gasteiger charge is 2.42. The number of carbonyl (C=O) groups excluding carboxylic acids is 1. The summed E-state index contributed by atoms with van der Waals surface area (Å²) >= 11 is 1.59. The van der Waals surface area contributed by atoms with Gasteiger partial charge in [0.1, 0.15) is 5.82 Å². The first-order valence-electron chi connectivity index (χ1n) is 9.57. The third kappa shape index (κ3) is 3.94. The van der Waals surface area contributed by atoms with Crippen LogP contribution in [0.2, 0.25) is 0 Å². The maximum atomic E-state index is 12.4. The number of aliphatic hydroxyl groups excluding tert-OH is 1. The minimum Gasteiger partial charge on any atom is -0.396 e. The lowest BCUT2D eigenvalue weighted by Crippen LogP contribution is -2.46. The Hall–Kier alpha value is -1.74. The highest BCUT2D eigenvalue weighted by Crippen LogP contribution is 2.44. The second kappa shape index (κ2) is 8.10. The quantitative estimate of drug-likeness (QED) is 0.653. The molecule has 0 radical (unpaired) electrons. The summed E-state index contributed by atoms with van der Waals surface area (Å²) in [7, 11) is 0. The molecule has 0 unspecified atom stereocenters. The van der Waals surface area contributed by atoms with Gasteiger partial charge in [-0.3, -0.25) is 9.69 Å². The minimum atomic E-state index is -0.257. The molecule has 1 fully saturated rings. The Morgan fingerprint density at radius 3 is 3.04 bits per heavy atom. The molecule has 2 aromatic rings. The molecule has 1 saturated heterocycles. The van der Waals surface area contributed by atoms with Gasteiger partial charge in [0.2, 0.25) is 0 Å². The number of ether oxygens (including phenoxy) is 1. The van der Waals surface area contributed by atoms with Crippen LogP contribution >= 0.6 is 11.3 Å². The predicted octanol–water partition coefficient (Wildman–Crippen LogP) is 1.65. The number of nitrogens with one attached hydrogen (secondary N) is 2. The van der Waals surface area contributed by atoms with Crippen LogP contribution in [-0.4, -0.2) is 58.7 Å². The maximum Gasteiger partial charge on any atom is 0.261 e. The molecule has 1 amide bonds. The van der Waals surface area contributed by atoms with E-state index in [1.807, 2.05) is 12.3 Å². The summed E-state index contributed by atoms with van der Waals surface area (Å²) in [6, 6.07) is 2.04. The number of aromatic amines is 1. The summed E-state index contributed by atoms with van der Waals surface area (Å²) < 4.78 is 6.30. The van der Waals surface area contributed by atoms with E-state index in [1.165, 1.54) is 10.4 Å². The molecule has 0 aliphatic carbocycles. The second-order valence-electron chi connectivity index (χ2n) is 7.19. The van der Waals surface area contributed by atoms with Gasteiger partial charge in [0.05, 0.1) is 23.6 Å². The number of carbonyl (C=O) groups is 1. The van der Waals surface area contributed by atoms with Gasteiger partial charge in [-0.25, -0.2) is 4.98 Å². The first-order chi connectivity index (χ1) is 13.2. The van der Waals surface area contributed by atoms with Crippen LogP contribution in [0.5, 0.6) is 0 Å². The van der Waals surface area contributed by atoms with E-state index in [0.717, 1.165) is 56.2 Å². The summed E-state index contributed by atoms with van der Waals surface area (Å²) in [5.41, 5.74) is 0.955. The topological polar surface area (TPSA) is 90.5 Å². The number of thiophene rings is 1. The smallest absolute Gasteiger partial charge is 0.261 e. The molecule has 7 nitrogen and oxygen atoms in total. The zero-order valence-electron chi connectivity index (χ0n) is 15.4. The van der Waals surface area contributed by atoms with Gasteiger partial charge in [-0.15, -0.1) is 11.3 Å². The van der Waals surface area contributed by atoms with Gasteiger partial charge in [-0.05, 0) is 30.9 Å². The third-order valence-corrected chi connectivity index (χ3v) is 6.64. The lowest BCUT2D eigenvalue weighted by molar-refractivity contribution is -0.0983. The van der Waals surface area contributed by atoms with Gasteiger partial charge in [0.15, 0.2) is 0 Å². The molecule has 4 heterocycles. The van der Waals surface area contributed by atoms with Crippen molar-refractivity contribution in [2.75, 3.05) is 32.8 Å². The molecule has 146 valence electrons. The Morgan fingerprint density at radius 1 is 1.44 bits per heavy atom. The summed E-state index contributed by atoms with van der Waals surface area (Å²) in [4.78, 5) is 24.3. The number of hydrogen-bond acceptors (Lipinski definition) is 6. The fourth-order valence-corrected chi connectivity index (χ4v) is 5.13. The average molecular weight is 391 g/mol. The Morgan fingerprint density at radius 2 is 2.30 bits per heavy atom. The van der Waals surface area contributed by atoms with Gasteiger partial charge in [-0.2, -0.15) is 0 Å². The van der Waals surface area contributed by atoms with Crippen molar-refractivity contribution < 1.29 is 14.6 Å². The molecule has 2 aliphatic rings. The van der Waals surface area contributed by atoms with Crippen LogP contribution in [0.25, 0.3) is 0 Å². The Kier molecular flexibility index (Phi) is 5.58. The van der Waals surface area contributed by atoms with E-state index in [9.17, 15) is 4.79 Å². The number of nitrogens with zero attached hydrogens (tertiary/aromatic N) is 2. The van der Waals surface area contributed by atoms with E-state index < -0.39 is 0 Å². The number of imidazole rings is 1. The molecule has 4 rings (SSSR count). The molecule has 1 spiro atoms. The number of likely N-dealkylation sites (tertiary alicyclic amines) is 1. The van der Waals surface area contributed by atoms with Crippen LogP contribution in [0.1, 0.15) is 45.2 Å². The zero-order valence-corrected chi connectivity index (χ0v) is 16.2. The molecule has 0 aromatic carbocycles. The number of aliphatic hydroxyl groups is 1. The number of piperidine rings is 1. The number of H-pyrrole nitrogens is 1. The molecule has 8 heteroatoms. The summed E-state index contributed by atoms with van der Waals surface area (Å²) in [6.45, 7) is 4.05. The Labute approximate surface area is 162 Å². The molecule has 0 bridgehead atoms. The SMILES string of the molecule is O=C(NCCCO)c1cc2c(s1)CCOC21CCN(Cc2ncc[nH]2)CC1. The highest BCUT2D eigenvalue weighted by molar-refractivity contribution is 7.14. The van der Waals surface area contributed by atoms with Crippen molar-refractivity contribution in [1.29, 1.82) is 0 Å². The normalized spacial score (nSPS) is 19.1. The molecule has 2 aliphatic heterocycles. The van der Waals surface area contributed by atoms with Crippen molar-refractivity contribution >= 4 is 17.2 Å². The van der Waals surface area contributed by atoms with Crippen molar-refractivity contribution in [3.63, 3.8) is 0 Å². The van der Waals surface area contributed by atoms with Crippen LogP contribution in [0.3, 0.4) is 0 Å². The summed E-state index contributed by atoms with van der Waals surface area (Å²) in [6.07, 6.45) is 6.97. The molecular weight excluding hydrogens is 364 g/mol. The largest absolute Gasteiger partial charge is 0.396 e. The number of hydrogen-bond donors (Lipinski definition) is 3. The van der Waals surface area contributed by atoms with Gasteiger partial charge < -0.3 is 20.1 Å². The fourth-order valence-electron chi connectivity index (χ4n) is 3.98. The van der Waals surface area contributed by atoms with Crippen molar-refractivity contribution in [2.24, 2.45) is 0 Å². The van der Waals surface area contributed by atoms with Crippen LogP contribution in [0.4, 0.5) is 0 Å². The first kappa shape index (κ1) is 18.6. The third-order valence-electron chi connectivity index (χ3n) is 5.44. The van der Waals surface area contributed by atoms with Crippen LogP contribution in [0, 0.1) is 0 Å². The van der Waals surface area contributed by atoms with Crippen LogP contribution in [0.15, 0.2) is 18.5 Å². The second-order valence-corrected chi connectivity index (χ2v) is 8.32. The van der Waals surface area contributed by atoms with Gasteiger partial charge >= 0.3 is 0 Å². The van der Waals surface area contributed by atoms with Crippen LogP contribution in [-0.2, 0) is 23.3 Å². The fraction of sp³-hybridized carbons (Fsp3) is 0.579. The monoisotopic (exact) mass is 390 g/mol. The highest BCUT2D eigenvalue weighted by atomic mass is 32.1.